The summed E-state index contributed by atoms with van der Waals surface area (Å²) in [6, 6.07) is 1.97. The van der Waals surface area contributed by atoms with E-state index in [9.17, 15) is 0 Å². The Balaban J connectivity index is 2.26. The molecule has 0 bridgehead atoms. The van der Waals surface area contributed by atoms with Crippen molar-refractivity contribution in [2.75, 3.05) is 7.05 Å². The van der Waals surface area contributed by atoms with Crippen molar-refractivity contribution in [2.45, 2.75) is 26.0 Å². The first-order valence-corrected chi connectivity index (χ1v) is 6.50. The van der Waals surface area contributed by atoms with Crippen LogP contribution < -0.4 is 10.1 Å². The van der Waals surface area contributed by atoms with Crippen LogP contribution in [0.4, 0.5) is 0 Å². The fourth-order valence-corrected chi connectivity index (χ4v) is 2.16. The zero-order chi connectivity index (χ0) is 13.0. The van der Waals surface area contributed by atoms with Crippen LogP contribution in [0, 0.1) is 0 Å². The lowest BCUT2D eigenvalue weighted by Gasteiger charge is -2.15. The lowest BCUT2D eigenvalue weighted by molar-refractivity contribution is 0.241. The predicted octanol–water partition coefficient (Wildman–Crippen LogP) is 2.03. The first-order valence-electron chi connectivity index (χ1n) is 5.77. The fourth-order valence-electron chi connectivity index (χ4n) is 1.71. The number of rotatable bonds is 5. The van der Waals surface area contributed by atoms with Crippen molar-refractivity contribution < 1.29 is 4.74 Å². The smallest absolute Gasteiger partial charge is 0.138 e. The summed E-state index contributed by atoms with van der Waals surface area (Å²) in [5, 5.41) is 3.21. The summed E-state index contributed by atoms with van der Waals surface area (Å²) in [7, 11) is 1.89. The highest BCUT2D eigenvalue weighted by atomic mass is 32.1. The molecule has 0 amide bonds. The SMILES string of the molecule is CNC(c1cncc(OC(C)C)c1)c1cnsn1. The molecule has 6 heteroatoms. The van der Waals surface area contributed by atoms with Gasteiger partial charge in [-0.2, -0.15) is 8.75 Å². The van der Waals surface area contributed by atoms with Crippen LogP contribution in [0.2, 0.25) is 0 Å². The Labute approximate surface area is 111 Å². The highest BCUT2D eigenvalue weighted by molar-refractivity contribution is 6.99. The van der Waals surface area contributed by atoms with E-state index in [1.807, 2.05) is 33.2 Å². The van der Waals surface area contributed by atoms with Crippen molar-refractivity contribution in [3.63, 3.8) is 0 Å². The molecule has 0 aliphatic rings. The third-order valence-electron chi connectivity index (χ3n) is 2.40. The van der Waals surface area contributed by atoms with Gasteiger partial charge in [-0.05, 0) is 32.5 Å². The van der Waals surface area contributed by atoms with Crippen molar-refractivity contribution in [3.8, 4) is 5.75 Å². The maximum absolute atomic E-state index is 5.64. The van der Waals surface area contributed by atoms with Crippen LogP contribution in [0.5, 0.6) is 5.75 Å². The number of aromatic nitrogens is 3. The van der Waals surface area contributed by atoms with Crippen molar-refractivity contribution in [1.82, 2.24) is 19.0 Å². The molecule has 0 saturated heterocycles. The third kappa shape index (κ3) is 3.02. The minimum Gasteiger partial charge on any atom is -0.489 e. The molecule has 5 nitrogen and oxygen atoms in total. The largest absolute Gasteiger partial charge is 0.489 e. The van der Waals surface area contributed by atoms with Gasteiger partial charge >= 0.3 is 0 Å². The monoisotopic (exact) mass is 264 g/mol. The summed E-state index contributed by atoms with van der Waals surface area (Å²) in [6.07, 6.45) is 5.43. The normalized spacial score (nSPS) is 12.7. The number of ether oxygens (including phenoxy) is 1. The van der Waals surface area contributed by atoms with Gasteiger partial charge in [0.1, 0.15) is 5.75 Å². The number of hydrogen-bond donors (Lipinski definition) is 1. The molecule has 0 aliphatic carbocycles. The molecule has 0 aromatic carbocycles. The van der Waals surface area contributed by atoms with E-state index in [2.05, 4.69) is 19.0 Å². The third-order valence-corrected chi connectivity index (χ3v) is 2.89. The van der Waals surface area contributed by atoms with Crippen LogP contribution in [0.1, 0.15) is 31.1 Å². The molecule has 96 valence electrons. The van der Waals surface area contributed by atoms with E-state index in [4.69, 9.17) is 4.74 Å². The summed E-state index contributed by atoms with van der Waals surface area (Å²) < 4.78 is 13.9. The average Bonchev–Trinajstić information content (AvgIpc) is 2.83. The molecule has 1 unspecified atom stereocenters. The fraction of sp³-hybridized carbons (Fsp3) is 0.417. The Kier molecular flexibility index (Phi) is 4.22. The summed E-state index contributed by atoms with van der Waals surface area (Å²) in [5.74, 6) is 0.769. The molecule has 1 N–H and O–H groups in total. The van der Waals surface area contributed by atoms with Gasteiger partial charge < -0.3 is 10.1 Å². The molecule has 0 spiro atoms. The van der Waals surface area contributed by atoms with E-state index in [0.29, 0.717) is 0 Å². The van der Waals surface area contributed by atoms with E-state index >= 15 is 0 Å². The number of nitrogens with one attached hydrogen (secondary N) is 1. The minimum atomic E-state index is -0.00744. The maximum atomic E-state index is 5.64. The van der Waals surface area contributed by atoms with E-state index in [-0.39, 0.29) is 12.1 Å². The molecule has 1 atom stereocenters. The van der Waals surface area contributed by atoms with Crippen LogP contribution >= 0.6 is 11.7 Å². The van der Waals surface area contributed by atoms with Crippen molar-refractivity contribution in [1.29, 1.82) is 0 Å². The molecule has 0 fully saturated rings. The Morgan fingerprint density at radius 1 is 1.28 bits per heavy atom. The Morgan fingerprint density at radius 2 is 2.11 bits per heavy atom. The molecule has 0 aliphatic heterocycles. The lowest BCUT2D eigenvalue weighted by Crippen LogP contribution is -2.18. The minimum absolute atomic E-state index is 0.00744. The molecule has 2 aromatic heterocycles. The van der Waals surface area contributed by atoms with E-state index in [0.717, 1.165) is 17.0 Å². The van der Waals surface area contributed by atoms with Crippen molar-refractivity contribution >= 4 is 11.7 Å². The maximum Gasteiger partial charge on any atom is 0.138 e. The second-order valence-electron chi connectivity index (χ2n) is 4.17. The molecule has 18 heavy (non-hydrogen) atoms. The van der Waals surface area contributed by atoms with Gasteiger partial charge in [0.05, 0.1) is 42.0 Å². The number of pyridine rings is 1. The van der Waals surface area contributed by atoms with E-state index < -0.39 is 0 Å². The summed E-state index contributed by atoms with van der Waals surface area (Å²) in [4.78, 5) is 4.21. The molecule has 2 heterocycles. The summed E-state index contributed by atoms with van der Waals surface area (Å²) in [5.41, 5.74) is 1.91. The molecular formula is C12H16N4OS. The Morgan fingerprint density at radius 3 is 2.72 bits per heavy atom. The van der Waals surface area contributed by atoms with Gasteiger partial charge in [0.15, 0.2) is 0 Å². The molecule has 2 rings (SSSR count). The van der Waals surface area contributed by atoms with Crippen LogP contribution in [-0.2, 0) is 0 Å². The van der Waals surface area contributed by atoms with Gasteiger partial charge in [0.2, 0.25) is 0 Å². The highest BCUT2D eigenvalue weighted by Crippen LogP contribution is 2.23. The first-order chi connectivity index (χ1) is 8.70. The van der Waals surface area contributed by atoms with Gasteiger partial charge in [-0.3, -0.25) is 4.98 Å². The van der Waals surface area contributed by atoms with Gasteiger partial charge in [-0.15, -0.1) is 0 Å². The van der Waals surface area contributed by atoms with Crippen LogP contribution in [0.15, 0.2) is 24.7 Å². The number of hydrogen-bond acceptors (Lipinski definition) is 6. The molecule has 0 saturated carbocycles. The van der Waals surface area contributed by atoms with E-state index in [1.165, 1.54) is 11.7 Å². The zero-order valence-electron chi connectivity index (χ0n) is 10.6. The zero-order valence-corrected chi connectivity index (χ0v) is 11.4. The van der Waals surface area contributed by atoms with Gasteiger partial charge in [0, 0.05) is 6.20 Å². The average molecular weight is 264 g/mol. The summed E-state index contributed by atoms with van der Waals surface area (Å²) >= 11 is 1.20. The lowest BCUT2D eigenvalue weighted by atomic mass is 10.1. The highest BCUT2D eigenvalue weighted by Gasteiger charge is 2.15. The second kappa shape index (κ2) is 5.88. The van der Waals surface area contributed by atoms with Crippen molar-refractivity contribution in [3.05, 3.63) is 35.9 Å². The quantitative estimate of drug-likeness (QED) is 0.895. The van der Waals surface area contributed by atoms with Crippen LogP contribution in [0.3, 0.4) is 0 Å². The van der Waals surface area contributed by atoms with Crippen LogP contribution in [-0.4, -0.2) is 26.9 Å². The second-order valence-corrected chi connectivity index (χ2v) is 4.73. The van der Waals surface area contributed by atoms with Crippen molar-refractivity contribution in [2.24, 2.45) is 0 Å². The topological polar surface area (TPSA) is 59.9 Å². The molecule has 0 radical (unpaired) electrons. The van der Waals surface area contributed by atoms with E-state index in [1.54, 1.807) is 12.4 Å². The first kappa shape index (κ1) is 12.9. The van der Waals surface area contributed by atoms with Crippen LogP contribution in [0.25, 0.3) is 0 Å². The standard InChI is InChI=1S/C12H16N4OS/c1-8(2)17-10-4-9(5-14-6-10)12(13-3)11-7-15-18-16-11/h4-8,12-13H,1-3H3. The van der Waals surface area contributed by atoms with Gasteiger partial charge in [-0.1, -0.05) is 0 Å². The molecule has 2 aromatic rings. The van der Waals surface area contributed by atoms with Gasteiger partial charge in [-0.25, -0.2) is 0 Å². The Bertz CT molecular complexity index is 487. The number of nitrogens with zero attached hydrogens (tertiary/aromatic N) is 3. The molecular weight excluding hydrogens is 248 g/mol. The predicted molar refractivity (Wildman–Crippen MR) is 70.8 cm³/mol. The summed E-state index contributed by atoms with van der Waals surface area (Å²) in [6.45, 7) is 3.99. The van der Waals surface area contributed by atoms with Gasteiger partial charge in [0.25, 0.3) is 0 Å². The Hall–Kier alpha value is -1.53.